The van der Waals surface area contributed by atoms with Gasteiger partial charge < -0.3 is 9.73 Å². The molecule has 0 saturated heterocycles. The van der Waals surface area contributed by atoms with Crippen molar-refractivity contribution in [3.63, 3.8) is 0 Å². The third-order valence-corrected chi connectivity index (χ3v) is 2.80. The van der Waals surface area contributed by atoms with Gasteiger partial charge in [-0.3, -0.25) is 0 Å². The Bertz CT molecular complexity index is 295. The average molecular weight is 237 g/mol. The number of hydrogen-bond donors (Lipinski definition) is 1. The van der Waals surface area contributed by atoms with Crippen molar-refractivity contribution >= 4 is 0 Å². The van der Waals surface area contributed by atoms with Crippen molar-refractivity contribution in [2.45, 2.75) is 53.0 Å². The molecule has 0 aromatic carbocycles. The zero-order chi connectivity index (χ0) is 12.9. The molecule has 0 aliphatic heterocycles. The molecule has 2 nitrogen and oxygen atoms in total. The van der Waals surface area contributed by atoms with E-state index in [0.717, 1.165) is 24.6 Å². The van der Waals surface area contributed by atoms with Crippen molar-refractivity contribution in [2.24, 2.45) is 11.8 Å². The Hall–Kier alpha value is -0.760. The number of nitrogens with one attached hydrogen (secondary N) is 1. The SMILES string of the molecule is CC(C)CC(CNC(C)(C)C)Cc1ccco1. The first-order valence-electron chi connectivity index (χ1n) is 6.64. The first-order valence-corrected chi connectivity index (χ1v) is 6.64. The fraction of sp³-hybridized carbons (Fsp3) is 0.733. The molecule has 1 aromatic heterocycles. The molecule has 0 amide bonds. The highest BCUT2D eigenvalue weighted by Crippen LogP contribution is 2.18. The standard InChI is InChI=1S/C15H27NO/c1-12(2)9-13(11-16-15(3,4)5)10-14-7-6-8-17-14/h6-8,12-13,16H,9-11H2,1-5H3. The fourth-order valence-corrected chi connectivity index (χ4v) is 2.07. The normalized spacial score (nSPS) is 14.2. The monoisotopic (exact) mass is 237 g/mol. The Kier molecular flexibility index (Phi) is 5.26. The molecule has 98 valence electrons. The van der Waals surface area contributed by atoms with Crippen molar-refractivity contribution < 1.29 is 4.42 Å². The average Bonchev–Trinajstić information content (AvgIpc) is 2.65. The summed E-state index contributed by atoms with van der Waals surface area (Å²) >= 11 is 0. The van der Waals surface area contributed by atoms with Gasteiger partial charge in [0.15, 0.2) is 0 Å². The van der Waals surface area contributed by atoms with E-state index < -0.39 is 0 Å². The van der Waals surface area contributed by atoms with Gasteiger partial charge in [0.25, 0.3) is 0 Å². The molecule has 0 spiro atoms. The van der Waals surface area contributed by atoms with Crippen LogP contribution >= 0.6 is 0 Å². The smallest absolute Gasteiger partial charge is 0.104 e. The van der Waals surface area contributed by atoms with Crippen LogP contribution in [0.15, 0.2) is 22.8 Å². The van der Waals surface area contributed by atoms with Gasteiger partial charge in [-0.05, 0) is 57.7 Å². The van der Waals surface area contributed by atoms with Crippen molar-refractivity contribution in [1.29, 1.82) is 0 Å². The summed E-state index contributed by atoms with van der Waals surface area (Å²) in [5, 5.41) is 3.60. The van der Waals surface area contributed by atoms with Crippen LogP contribution in [0.2, 0.25) is 0 Å². The van der Waals surface area contributed by atoms with E-state index in [-0.39, 0.29) is 5.54 Å². The summed E-state index contributed by atoms with van der Waals surface area (Å²) in [6.45, 7) is 12.3. The van der Waals surface area contributed by atoms with E-state index in [9.17, 15) is 0 Å². The summed E-state index contributed by atoms with van der Waals surface area (Å²) in [5.41, 5.74) is 0.193. The lowest BCUT2D eigenvalue weighted by atomic mass is 9.92. The molecular formula is C15H27NO. The number of hydrogen-bond acceptors (Lipinski definition) is 2. The lowest BCUT2D eigenvalue weighted by Crippen LogP contribution is -2.39. The highest BCUT2D eigenvalue weighted by atomic mass is 16.3. The zero-order valence-corrected chi connectivity index (χ0v) is 11.9. The Morgan fingerprint density at radius 3 is 2.47 bits per heavy atom. The lowest BCUT2D eigenvalue weighted by Gasteiger charge is -2.26. The summed E-state index contributed by atoms with van der Waals surface area (Å²) < 4.78 is 5.45. The highest BCUT2D eigenvalue weighted by molar-refractivity contribution is 4.99. The van der Waals surface area contributed by atoms with Gasteiger partial charge in [0.2, 0.25) is 0 Å². The predicted octanol–water partition coefficient (Wildman–Crippen LogP) is 3.87. The minimum absolute atomic E-state index is 0.193. The summed E-state index contributed by atoms with van der Waals surface area (Å²) in [5.74, 6) is 2.49. The molecule has 1 heterocycles. The fourth-order valence-electron chi connectivity index (χ4n) is 2.07. The molecule has 1 rings (SSSR count). The number of rotatable bonds is 6. The van der Waals surface area contributed by atoms with E-state index in [1.165, 1.54) is 6.42 Å². The Labute approximate surface area is 106 Å². The summed E-state index contributed by atoms with van der Waals surface area (Å²) in [6, 6.07) is 4.05. The zero-order valence-electron chi connectivity index (χ0n) is 11.9. The molecule has 0 radical (unpaired) electrons. The van der Waals surface area contributed by atoms with Gasteiger partial charge in [-0.2, -0.15) is 0 Å². The maximum absolute atomic E-state index is 5.45. The minimum atomic E-state index is 0.193. The van der Waals surface area contributed by atoms with Crippen LogP contribution in [0.1, 0.15) is 46.8 Å². The molecule has 0 fully saturated rings. The van der Waals surface area contributed by atoms with Crippen LogP contribution in [-0.2, 0) is 6.42 Å². The van der Waals surface area contributed by atoms with Gasteiger partial charge >= 0.3 is 0 Å². The Morgan fingerprint density at radius 2 is 2.00 bits per heavy atom. The van der Waals surface area contributed by atoms with Gasteiger partial charge in [-0.1, -0.05) is 13.8 Å². The van der Waals surface area contributed by atoms with E-state index >= 15 is 0 Å². The van der Waals surface area contributed by atoms with Gasteiger partial charge in [0, 0.05) is 12.0 Å². The summed E-state index contributed by atoms with van der Waals surface area (Å²) in [4.78, 5) is 0. The highest BCUT2D eigenvalue weighted by Gasteiger charge is 2.16. The van der Waals surface area contributed by atoms with E-state index in [4.69, 9.17) is 4.42 Å². The van der Waals surface area contributed by atoms with E-state index in [1.54, 1.807) is 6.26 Å². The van der Waals surface area contributed by atoms with Gasteiger partial charge in [0.1, 0.15) is 5.76 Å². The van der Waals surface area contributed by atoms with Crippen LogP contribution < -0.4 is 5.32 Å². The van der Waals surface area contributed by atoms with Crippen molar-refractivity contribution in [3.05, 3.63) is 24.2 Å². The molecule has 1 aromatic rings. The van der Waals surface area contributed by atoms with Gasteiger partial charge in [-0.15, -0.1) is 0 Å². The van der Waals surface area contributed by atoms with Crippen LogP contribution in [0.3, 0.4) is 0 Å². The minimum Gasteiger partial charge on any atom is -0.469 e. The van der Waals surface area contributed by atoms with Gasteiger partial charge in [-0.25, -0.2) is 0 Å². The molecule has 1 atom stereocenters. The van der Waals surface area contributed by atoms with E-state index in [2.05, 4.69) is 46.0 Å². The van der Waals surface area contributed by atoms with Crippen LogP contribution in [0.4, 0.5) is 0 Å². The van der Waals surface area contributed by atoms with Crippen LogP contribution in [0.25, 0.3) is 0 Å². The molecule has 1 N–H and O–H groups in total. The van der Waals surface area contributed by atoms with E-state index in [1.807, 2.05) is 6.07 Å². The molecule has 17 heavy (non-hydrogen) atoms. The maximum Gasteiger partial charge on any atom is 0.104 e. The quantitative estimate of drug-likeness (QED) is 0.812. The topological polar surface area (TPSA) is 25.2 Å². The molecule has 1 unspecified atom stereocenters. The van der Waals surface area contributed by atoms with Crippen molar-refractivity contribution in [3.8, 4) is 0 Å². The summed E-state index contributed by atoms with van der Waals surface area (Å²) in [6.07, 6.45) is 4.04. The molecule has 0 bridgehead atoms. The Morgan fingerprint density at radius 1 is 1.29 bits per heavy atom. The second-order valence-corrected chi connectivity index (χ2v) is 6.41. The second-order valence-electron chi connectivity index (χ2n) is 6.41. The first kappa shape index (κ1) is 14.3. The van der Waals surface area contributed by atoms with Crippen molar-refractivity contribution in [2.75, 3.05) is 6.54 Å². The third kappa shape index (κ3) is 6.52. The molecule has 0 aliphatic rings. The largest absolute Gasteiger partial charge is 0.469 e. The first-order chi connectivity index (χ1) is 7.87. The van der Waals surface area contributed by atoms with Crippen LogP contribution in [-0.4, -0.2) is 12.1 Å². The molecule has 0 aliphatic carbocycles. The third-order valence-electron chi connectivity index (χ3n) is 2.80. The van der Waals surface area contributed by atoms with E-state index in [0.29, 0.717) is 5.92 Å². The molecule has 0 saturated carbocycles. The molecular weight excluding hydrogens is 210 g/mol. The van der Waals surface area contributed by atoms with Crippen LogP contribution in [0.5, 0.6) is 0 Å². The summed E-state index contributed by atoms with van der Waals surface area (Å²) in [7, 11) is 0. The second kappa shape index (κ2) is 6.25. The lowest BCUT2D eigenvalue weighted by molar-refractivity contribution is 0.317. The van der Waals surface area contributed by atoms with Gasteiger partial charge in [0.05, 0.1) is 6.26 Å². The van der Waals surface area contributed by atoms with Crippen LogP contribution in [0, 0.1) is 11.8 Å². The maximum atomic E-state index is 5.45. The number of furan rings is 1. The molecule has 2 heteroatoms. The Balaban J connectivity index is 2.48. The predicted molar refractivity (Wildman–Crippen MR) is 73.1 cm³/mol. The van der Waals surface area contributed by atoms with Crippen molar-refractivity contribution in [1.82, 2.24) is 5.32 Å².